The van der Waals surface area contributed by atoms with Gasteiger partial charge in [-0.3, -0.25) is 28.8 Å². The number of hydrogen-bond acceptors (Lipinski definition) is 7. The van der Waals surface area contributed by atoms with Crippen LogP contribution >= 0.6 is 0 Å². The lowest BCUT2D eigenvalue weighted by Crippen LogP contribution is -2.56. The van der Waals surface area contributed by atoms with Gasteiger partial charge >= 0.3 is 0 Å². The van der Waals surface area contributed by atoms with Gasteiger partial charge in [0.15, 0.2) is 0 Å². The minimum Gasteiger partial charge on any atom is -0.350 e. The highest BCUT2D eigenvalue weighted by Crippen LogP contribution is 2.48. The molecule has 2 aliphatic rings. The number of imidazole rings is 1. The summed E-state index contributed by atoms with van der Waals surface area (Å²) in [5, 5.41) is 7.55. The Hall–Kier alpha value is -4.29. The van der Waals surface area contributed by atoms with Crippen molar-refractivity contribution in [3.8, 4) is 0 Å². The molecule has 0 radical (unpaired) electrons. The summed E-state index contributed by atoms with van der Waals surface area (Å²) in [5.41, 5.74) is -0.671. The number of fused-ring (bicyclic) bond motifs is 2. The van der Waals surface area contributed by atoms with Gasteiger partial charge in [0.05, 0.1) is 12.5 Å². The standard InChI is InChI=1S/C31H43N7O6/c1-5-33-29(43)25(39)11-10-22(34-28(42)24-17-32-19-36(24)3)27(41)35-23-9-7-13-38(30(23)44)18-26(40)37(4)31-12-6-8-21(16-31)14-20(2)15-31/h7,9,13,17,19-22H,5-6,8,10-12,14-16,18H2,1-4H3,(H,33,43)(H,34,42)(H,35,41). The summed E-state index contributed by atoms with van der Waals surface area (Å²) in [6.07, 6.45) is 10.1. The molecule has 2 aliphatic carbocycles. The van der Waals surface area contributed by atoms with E-state index in [0.717, 1.165) is 25.7 Å². The second-order valence-electron chi connectivity index (χ2n) is 12.3. The van der Waals surface area contributed by atoms with Crippen LogP contribution in [0.15, 0.2) is 35.6 Å². The van der Waals surface area contributed by atoms with Crippen molar-refractivity contribution in [1.29, 1.82) is 0 Å². The van der Waals surface area contributed by atoms with Crippen molar-refractivity contribution in [2.24, 2.45) is 18.9 Å². The molecule has 2 bridgehead atoms. The van der Waals surface area contributed by atoms with Crippen molar-refractivity contribution in [2.45, 2.75) is 83.3 Å². The Balaban J connectivity index is 1.48. The number of aryl methyl sites for hydroxylation is 1. The molecule has 0 aromatic carbocycles. The molecule has 238 valence electrons. The van der Waals surface area contributed by atoms with Crippen LogP contribution in [0, 0.1) is 11.8 Å². The first-order valence-corrected chi connectivity index (χ1v) is 15.3. The maximum absolute atomic E-state index is 13.5. The fourth-order valence-corrected chi connectivity index (χ4v) is 6.81. The first-order chi connectivity index (χ1) is 20.9. The Labute approximate surface area is 256 Å². The van der Waals surface area contributed by atoms with Crippen molar-refractivity contribution >= 4 is 35.1 Å². The lowest BCUT2D eigenvalue weighted by Gasteiger charge is -2.52. The zero-order valence-electron chi connectivity index (χ0n) is 25.9. The number of carbonyl (C=O) groups excluding carboxylic acids is 5. The molecule has 13 heteroatoms. The van der Waals surface area contributed by atoms with E-state index in [9.17, 15) is 28.8 Å². The van der Waals surface area contributed by atoms with E-state index in [-0.39, 0.29) is 48.8 Å². The summed E-state index contributed by atoms with van der Waals surface area (Å²) in [4.78, 5) is 83.1. The van der Waals surface area contributed by atoms with Crippen LogP contribution in [-0.4, -0.2) is 73.6 Å². The zero-order valence-corrected chi connectivity index (χ0v) is 25.9. The van der Waals surface area contributed by atoms with Crippen molar-refractivity contribution in [1.82, 2.24) is 29.7 Å². The third-order valence-corrected chi connectivity index (χ3v) is 8.98. The number of Topliss-reactive ketones (excluding diaryl/α,β-unsaturated/α-hetero) is 1. The predicted molar refractivity (Wildman–Crippen MR) is 163 cm³/mol. The van der Waals surface area contributed by atoms with Gasteiger partial charge in [-0.05, 0) is 63.0 Å². The number of aromatic nitrogens is 3. The number of rotatable bonds is 12. The first kappa shape index (κ1) is 32.6. The van der Waals surface area contributed by atoms with Crippen LogP contribution in [0.2, 0.25) is 0 Å². The number of nitrogens with one attached hydrogen (secondary N) is 3. The number of hydrogen-bond donors (Lipinski definition) is 3. The Morgan fingerprint density at radius 3 is 2.68 bits per heavy atom. The van der Waals surface area contributed by atoms with Crippen molar-refractivity contribution in [2.75, 3.05) is 18.9 Å². The average molecular weight is 610 g/mol. The van der Waals surface area contributed by atoms with Gasteiger partial charge < -0.3 is 30.0 Å². The quantitative estimate of drug-likeness (QED) is 0.308. The molecule has 13 nitrogen and oxygen atoms in total. The third-order valence-electron chi connectivity index (χ3n) is 8.98. The lowest BCUT2D eigenvalue weighted by molar-refractivity contribution is -0.141. The molecule has 4 unspecified atom stereocenters. The molecule has 4 atom stereocenters. The molecule has 2 saturated carbocycles. The molecular formula is C31H43N7O6. The lowest BCUT2D eigenvalue weighted by atomic mass is 9.63. The minimum absolute atomic E-state index is 0.0787. The molecule has 3 N–H and O–H groups in total. The Kier molecular flexibility index (Phi) is 10.4. The smallest absolute Gasteiger partial charge is 0.287 e. The van der Waals surface area contributed by atoms with E-state index in [0.29, 0.717) is 11.8 Å². The van der Waals surface area contributed by atoms with Gasteiger partial charge in [-0.15, -0.1) is 0 Å². The van der Waals surface area contributed by atoms with Crippen LogP contribution in [0.5, 0.6) is 0 Å². The summed E-state index contributed by atoms with van der Waals surface area (Å²) in [6.45, 7) is 4.01. The molecular weight excluding hydrogens is 566 g/mol. The molecule has 2 fully saturated rings. The molecule has 0 aliphatic heterocycles. The third kappa shape index (κ3) is 7.43. The Morgan fingerprint density at radius 1 is 1.20 bits per heavy atom. The summed E-state index contributed by atoms with van der Waals surface area (Å²) in [7, 11) is 3.44. The van der Waals surface area contributed by atoms with E-state index in [4.69, 9.17) is 0 Å². The maximum atomic E-state index is 13.5. The largest absolute Gasteiger partial charge is 0.350 e. The zero-order chi connectivity index (χ0) is 32.0. The molecule has 2 aromatic rings. The van der Waals surface area contributed by atoms with E-state index >= 15 is 0 Å². The van der Waals surface area contributed by atoms with Crippen molar-refractivity contribution < 1.29 is 24.0 Å². The summed E-state index contributed by atoms with van der Waals surface area (Å²) in [6, 6.07) is 1.73. The number of amides is 4. The number of nitrogens with zero attached hydrogens (tertiary/aromatic N) is 4. The Morgan fingerprint density at radius 2 is 1.98 bits per heavy atom. The summed E-state index contributed by atoms with van der Waals surface area (Å²) >= 11 is 0. The van der Waals surface area contributed by atoms with Gasteiger partial charge in [0.1, 0.15) is 24.0 Å². The number of ketones is 1. The maximum Gasteiger partial charge on any atom is 0.287 e. The monoisotopic (exact) mass is 609 g/mol. The normalized spacial score (nSPS) is 21.5. The number of pyridine rings is 1. The number of likely N-dealkylation sites (N-methyl/N-ethyl adjacent to an activating group) is 2. The van der Waals surface area contributed by atoms with Crippen LogP contribution in [0.3, 0.4) is 0 Å². The van der Waals surface area contributed by atoms with Gasteiger partial charge in [-0.1, -0.05) is 19.8 Å². The predicted octanol–water partition coefficient (Wildman–Crippen LogP) is 1.62. The van der Waals surface area contributed by atoms with Gasteiger partial charge in [0.25, 0.3) is 17.4 Å². The van der Waals surface area contributed by atoms with Crippen LogP contribution in [0.1, 0.15) is 75.7 Å². The fourth-order valence-electron chi connectivity index (χ4n) is 6.81. The first-order valence-electron chi connectivity index (χ1n) is 15.3. The van der Waals surface area contributed by atoms with Crippen LogP contribution in [-0.2, 0) is 32.8 Å². The topological polar surface area (TPSA) is 164 Å². The summed E-state index contributed by atoms with van der Waals surface area (Å²) < 4.78 is 2.73. The highest BCUT2D eigenvalue weighted by molar-refractivity contribution is 6.36. The molecule has 4 rings (SSSR count). The summed E-state index contributed by atoms with van der Waals surface area (Å²) in [5.74, 6) is -1.89. The minimum atomic E-state index is -1.25. The number of carbonyl (C=O) groups is 5. The molecule has 44 heavy (non-hydrogen) atoms. The highest BCUT2D eigenvalue weighted by atomic mass is 16.2. The Bertz CT molecular complexity index is 1460. The second kappa shape index (κ2) is 14.0. The van der Waals surface area contributed by atoms with E-state index in [2.05, 4.69) is 27.9 Å². The van der Waals surface area contributed by atoms with E-state index in [1.54, 1.807) is 20.0 Å². The SMILES string of the molecule is CCNC(=O)C(=O)CCC(NC(=O)c1cncn1C)C(=O)Nc1cccn(CC(=O)N(C)C23CCCC(CC(C)C2)C3)c1=O. The van der Waals surface area contributed by atoms with Crippen molar-refractivity contribution in [3.05, 3.63) is 46.9 Å². The molecule has 4 amide bonds. The van der Waals surface area contributed by atoms with E-state index in [1.165, 1.54) is 46.8 Å². The second-order valence-corrected chi connectivity index (χ2v) is 12.3. The highest BCUT2D eigenvalue weighted by Gasteiger charge is 2.46. The van der Waals surface area contributed by atoms with Gasteiger partial charge in [-0.2, -0.15) is 0 Å². The van der Waals surface area contributed by atoms with E-state index < -0.39 is 35.1 Å². The van der Waals surface area contributed by atoms with Crippen LogP contribution in [0.25, 0.3) is 0 Å². The average Bonchev–Trinajstić information content (AvgIpc) is 3.42. The van der Waals surface area contributed by atoms with Crippen LogP contribution in [0.4, 0.5) is 5.69 Å². The fraction of sp³-hybridized carbons (Fsp3) is 0.581. The van der Waals surface area contributed by atoms with E-state index in [1.807, 2.05) is 11.9 Å². The molecule has 2 heterocycles. The number of anilines is 1. The van der Waals surface area contributed by atoms with Gasteiger partial charge in [0, 0.05) is 38.8 Å². The molecule has 0 spiro atoms. The molecule has 2 aromatic heterocycles. The van der Waals surface area contributed by atoms with Gasteiger partial charge in [0.2, 0.25) is 17.6 Å². The van der Waals surface area contributed by atoms with Gasteiger partial charge in [-0.25, -0.2) is 4.98 Å². The van der Waals surface area contributed by atoms with Crippen LogP contribution < -0.4 is 21.5 Å². The molecule has 0 saturated heterocycles. The van der Waals surface area contributed by atoms with Crippen molar-refractivity contribution in [3.63, 3.8) is 0 Å².